The SMILES string of the molecule is CCc1csc(N2CCc3cccc(N)c3C2)n1. The molecule has 0 fully saturated rings. The number of benzene rings is 1. The first-order chi connectivity index (χ1) is 8.78. The minimum Gasteiger partial charge on any atom is -0.398 e. The van der Waals surface area contributed by atoms with E-state index in [9.17, 15) is 0 Å². The fourth-order valence-corrected chi connectivity index (χ4v) is 3.31. The number of aromatic nitrogens is 1. The molecule has 2 aromatic rings. The normalized spacial score (nSPS) is 14.6. The zero-order valence-electron chi connectivity index (χ0n) is 10.5. The second-order valence-electron chi connectivity index (χ2n) is 4.63. The summed E-state index contributed by atoms with van der Waals surface area (Å²) in [5, 5.41) is 3.28. The summed E-state index contributed by atoms with van der Waals surface area (Å²) in [6.45, 7) is 4.06. The van der Waals surface area contributed by atoms with E-state index in [2.05, 4.69) is 28.3 Å². The van der Waals surface area contributed by atoms with E-state index in [1.54, 1.807) is 11.3 Å². The van der Waals surface area contributed by atoms with Gasteiger partial charge in [0.05, 0.1) is 5.69 Å². The number of rotatable bonds is 2. The van der Waals surface area contributed by atoms with Crippen molar-refractivity contribution in [2.24, 2.45) is 0 Å². The largest absolute Gasteiger partial charge is 0.398 e. The first-order valence-corrected chi connectivity index (χ1v) is 7.21. The molecule has 0 amide bonds. The molecular weight excluding hydrogens is 242 g/mol. The van der Waals surface area contributed by atoms with Gasteiger partial charge in [-0.3, -0.25) is 0 Å². The fraction of sp³-hybridized carbons (Fsp3) is 0.357. The molecule has 0 unspecified atom stereocenters. The molecule has 0 radical (unpaired) electrons. The van der Waals surface area contributed by atoms with Gasteiger partial charge < -0.3 is 10.6 Å². The molecule has 0 aliphatic carbocycles. The van der Waals surface area contributed by atoms with Crippen LogP contribution in [0, 0.1) is 0 Å². The number of aryl methyl sites for hydroxylation is 1. The van der Waals surface area contributed by atoms with Crippen LogP contribution in [0.25, 0.3) is 0 Å². The zero-order valence-corrected chi connectivity index (χ0v) is 11.3. The van der Waals surface area contributed by atoms with E-state index in [0.717, 1.165) is 36.8 Å². The molecule has 2 N–H and O–H groups in total. The molecule has 0 spiro atoms. The van der Waals surface area contributed by atoms with Crippen molar-refractivity contribution in [2.75, 3.05) is 17.2 Å². The van der Waals surface area contributed by atoms with Gasteiger partial charge in [0.15, 0.2) is 5.13 Å². The van der Waals surface area contributed by atoms with Crippen LogP contribution in [0.1, 0.15) is 23.7 Å². The number of hydrogen-bond donors (Lipinski definition) is 1. The van der Waals surface area contributed by atoms with Crippen LogP contribution in [-0.2, 0) is 19.4 Å². The molecule has 0 bridgehead atoms. The number of anilines is 2. The molecule has 3 nitrogen and oxygen atoms in total. The third kappa shape index (κ3) is 1.97. The predicted molar refractivity (Wildman–Crippen MR) is 77.1 cm³/mol. The number of thiazole rings is 1. The van der Waals surface area contributed by atoms with Gasteiger partial charge in [0.1, 0.15) is 0 Å². The van der Waals surface area contributed by atoms with E-state index >= 15 is 0 Å². The Morgan fingerprint density at radius 3 is 3.11 bits per heavy atom. The molecule has 1 aliphatic heterocycles. The monoisotopic (exact) mass is 259 g/mol. The Morgan fingerprint density at radius 2 is 2.33 bits per heavy atom. The Hall–Kier alpha value is -1.55. The number of nitrogen functional groups attached to an aromatic ring is 1. The summed E-state index contributed by atoms with van der Waals surface area (Å²) in [5.74, 6) is 0. The minimum absolute atomic E-state index is 0.888. The second-order valence-corrected chi connectivity index (χ2v) is 5.47. The maximum atomic E-state index is 6.07. The summed E-state index contributed by atoms with van der Waals surface area (Å²) in [6.07, 6.45) is 2.06. The molecular formula is C14H17N3S. The van der Waals surface area contributed by atoms with Gasteiger partial charge in [-0.15, -0.1) is 11.3 Å². The van der Waals surface area contributed by atoms with Gasteiger partial charge in [-0.05, 0) is 30.0 Å². The van der Waals surface area contributed by atoms with Crippen LogP contribution in [0.4, 0.5) is 10.8 Å². The summed E-state index contributed by atoms with van der Waals surface area (Å²) in [5.41, 5.74) is 10.8. The lowest BCUT2D eigenvalue weighted by molar-refractivity contribution is 0.729. The van der Waals surface area contributed by atoms with Crippen molar-refractivity contribution in [2.45, 2.75) is 26.3 Å². The summed E-state index contributed by atoms with van der Waals surface area (Å²) >= 11 is 1.74. The Balaban J connectivity index is 1.88. The minimum atomic E-state index is 0.888. The molecule has 18 heavy (non-hydrogen) atoms. The summed E-state index contributed by atoms with van der Waals surface area (Å²) in [7, 11) is 0. The smallest absolute Gasteiger partial charge is 0.185 e. The predicted octanol–water partition coefficient (Wildman–Crippen LogP) is 2.85. The average molecular weight is 259 g/mol. The van der Waals surface area contributed by atoms with Gasteiger partial charge in [0.25, 0.3) is 0 Å². The Labute approximate surface area is 111 Å². The van der Waals surface area contributed by atoms with Gasteiger partial charge in [-0.1, -0.05) is 19.1 Å². The third-order valence-corrected chi connectivity index (χ3v) is 4.43. The molecule has 0 saturated heterocycles. The topological polar surface area (TPSA) is 42.1 Å². The zero-order chi connectivity index (χ0) is 12.5. The summed E-state index contributed by atoms with van der Waals surface area (Å²) < 4.78 is 0. The number of hydrogen-bond acceptors (Lipinski definition) is 4. The van der Waals surface area contributed by atoms with Crippen molar-refractivity contribution in [3.05, 3.63) is 40.4 Å². The highest BCUT2D eigenvalue weighted by Crippen LogP contribution is 2.29. The quantitative estimate of drug-likeness (QED) is 0.843. The highest BCUT2D eigenvalue weighted by Gasteiger charge is 2.20. The molecule has 3 rings (SSSR count). The fourth-order valence-electron chi connectivity index (χ4n) is 2.37. The van der Waals surface area contributed by atoms with Crippen LogP contribution >= 0.6 is 11.3 Å². The Kier molecular flexibility index (Phi) is 2.96. The van der Waals surface area contributed by atoms with Gasteiger partial charge >= 0.3 is 0 Å². The van der Waals surface area contributed by atoms with E-state index in [4.69, 9.17) is 5.73 Å². The van der Waals surface area contributed by atoms with Crippen molar-refractivity contribution in [3.8, 4) is 0 Å². The van der Waals surface area contributed by atoms with Crippen molar-refractivity contribution >= 4 is 22.2 Å². The Morgan fingerprint density at radius 1 is 1.44 bits per heavy atom. The maximum Gasteiger partial charge on any atom is 0.185 e. The number of nitrogens with zero attached hydrogens (tertiary/aromatic N) is 2. The van der Waals surface area contributed by atoms with Crippen molar-refractivity contribution in [3.63, 3.8) is 0 Å². The standard InChI is InChI=1S/C14H17N3S/c1-2-11-9-18-14(16-11)17-7-6-10-4-3-5-13(15)12(10)8-17/h3-5,9H,2,6-8,15H2,1H3. The molecule has 4 heteroatoms. The molecule has 1 aromatic carbocycles. The van der Waals surface area contributed by atoms with E-state index < -0.39 is 0 Å². The maximum absolute atomic E-state index is 6.07. The number of nitrogens with two attached hydrogens (primary N) is 1. The Bertz CT molecular complexity index is 562. The van der Waals surface area contributed by atoms with Crippen molar-refractivity contribution in [1.29, 1.82) is 0 Å². The molecule has 2 heterocycles. The van der Waals surface area contributed by atoms with Crippen LogP contribution in [-0.4, -0.2) is 11.5 Å². The van der Waals surface area contributed by atoms with E-state index in [1.165, 1.54) is 16.8 Å². The molecule has 1 aromatic heterocycles. The summed E-state index contributed by atoms with van der Waals surface area (Å²) in [4.78, 5) is 6.99. The van der Waals surface area contributed by atoms with E-state index in [1.807, 2.05) is 12.1 Å². The van der Waals surface area contributed by atoms with Crippen LogP contribution in [0.3, 0.4) is 0 Å². The molecule has 0 saturated carbocycles. The van der Waals surface area contributed by atoms with Gasteiger partial charge in [-0.25, -0.2) is 4.98 Å². The molecule has 0 atom stereocenters. The van der Waals surface area contributed by atoms with Crippen LogP contribution in [0.5, 0.6) is 0 Å². The lowest BCUT2D eigenvalue weighted by atomic mass is 9.98. The molecule has 1 aliphatic rings. The first kappa shape index (κ1) is 11.5. The van der Waals surface area contributed by atoms with Crippen LogP contribution in [0.2, 0.25) is 0 Å². The average Bonchev–Trinajstić information content (AvgIpc) is 2.88. The van der Waals surface area contributed by atoms with Crippen molar-refractivity contribution in [1.82, 2.24) is 4.98 Å². The second kappa shape index (κ2) is 4.61. The third-order valence-electron chi connectivity index (χ3n) is 3.48. The summed E-state index contributed by atoms with van der Waals surface area (Å²) in [6, 6.07) is 6.21. The highest BCUT2D eigenvalue weighted by atomic mass is 32.1. The first-order valence-electron chi connectivity index (χ1n) is 6.33. The van der Waals surface area contributed by atoms with Crippen LogP contribution in [0.15, 0.2) is 23.6 Å². The highest BCUT2D eigenvalue weighted by molar-refractivity contribution is 7.13. The van der Waals surface area contributed by atoms with E-state index in [0.29, 0.717) is 0 Å². The van der Waals surface area contributed by atoms with Gasteiger partial charge in [0, 0.05) is 24.2 Å². The number of fused-ring (bicyclic) bond motifs is 1. The lowest BCUT2D eigenvalue weighted by Crippen LogP contribution is -2.30. The van der Waals surface area contributed by atoms with E-state index in [-0.39, 0.29) is 0 Å². The molecule has 94 valence electrons. The lowest BCUT2D eigenvalue weighted by Gasteiger charge is -2.29. The van der Waals surface area contributed by atoms with Crippen molar-refractivity contribution < 1.29 is 0 Å². The van der Waals surface area contributed by atoms with Gasteiger partial charge in [-0.2, -0.15) is 0 Å². The van der Waals surface area contributed by atoms with Crippen LogP contribution < -0.4 is 10.6 Å². The van der Waals surface area contributed by atoms with Gasteiger partial charge in [0.2, 0.25) is 0 Å².